The molecule has 0 N–H and O–H groups in total. The first-order valence-electron chi connectivity index (χ1n) is 6.64. The van der Waals surface area contributed by atoms with Crippen LogP contribution in [0.15, 0.2) is 46.9 Å². The number of rotatable bonds is 2. The van der Waals surface area contributed by atoms with Gasteiger partial charge in [-0.1, -0.05) is 63.9 Å². The largest absolute Gasteiger partial charge is 0.492 e. The first kappa shape index (κ1) is 14.2. The predicted octanol–water partition coefficient (Wildman–Crippen LogP) is 5.60. The van der Waals surface area contributed by atoms with E-state index in [-0.39, 0.29) is 10.2 Å². The molecule has 0 saturated carbocycles. The van der Waals surface area contributed by atoms with Crippen LogP contribution in [-0.4, -0.2) is 6.61 Å². The summed E-state index contributed by atoms with van der Waals surface area (Å²) < 4.78 is 6.85. The van der Waals surface area contributed by atoms with Crippen molar-refractivity contribution in [3.05, 3.63) is 63.6 Å². The lowest BCUT2D eigenvalue weighted by molar-refractivity contribution is 0.291. The second kappa shape index (κ2) is 5.19. The van der Waals surface area contributed by atoms with Gasteiger partial charge in [-0.05, 0) is 35.4 Å². The summed E-state index contributed by atoms with van der Waals surface area (Å²) in [6.45, 7) is 5.22. The fraction of sp³-hybridized carbons (Fsp3) is 0.294. The SMILES string of the molecule is CC1(C)COc2ccc(C(Br)c3ccc(Br)cc3)cc21. The highest BCUT2D eigenvalue weighted by atomic mass is 79.9. The molecule has 0 aromatic heterocycles. The summed E-state index contributed by atoms with van der Waals surface area (Å²) in [5.74, 6) is 1.02. The zero-order valence-corrected chi connectivity index (χ0v) is 14.7. The van der Waals surface area contributed by atoms with E-state index in [9.17, 15) is 0 Å². The van der Waals surface area contributed by atoms with E-state index in [1.807, 2.05) is 0 Å². The molecule has 3 heteroatoms. The Bertz CT molecular complexity index is 632. The maximum atomic E-state index is 5.75. The Balaban J connectivity index is 1.97. The minimum absolute atomic E-state index is 0.0950. The van der Waals surface area contributed by atoms with Crippen molar-refractivity contribution in [2.24, 2.45) is 0 Å². The number of alkyl halides is 1. The molecule has 0 aliphatic carbocycles. The van der Waals surface area contributed by atoms with Gasteiger partial charge in [0.15, 0.2) is 0 Å². The highest BCUT2D eigenvalue weighted by Gasteiger charge is 2.32. The van der Waals surface area contributed by atoms with Crippen molar-refractivity contribution in [3.8, 4) is 5.75 Å². The average molecular weight is 396 g/mol. The van der Waals surface area contributed by atoms with Crippen molar-refractivity contribution >= 4 is 31.9 Å². The van der Waals surface area contributed by atoms with Gasteiger partial charge < -0.3 is 4.74 Å². The van der Waals surface area contributed by atoms with Crippen LogP contribution in [0.3, 0.4) is 0 Å². The fourth-order valence-electron chi connectivity index (χ4n) is 2.52. The standard InChI is InChI=1S/C17H16Br2O/c1-17(2)10-20-15-8-5-12(9-14(15)17)16(19)11-3-6-13(18)7-4-11/h3-9,16H,10H2,1-2H3. The molecular formula is C17H16Br2O. The number of ether oxygens (including phenoxy) is 1. The Morgan fingerprint density at radius 1 is 1.05 bits per heavy atom. The third-order valence-corrected chi connectivity index (χ3v) is 5.36. The molecule has 0 spiro atoms. The topological polar surface area (TPSA) is 9.23 Å². The molecule has 1 nitrogen and oxygen atoms in total. The molecule has 1 atom stereocenters. The molecule has 0 amide bonds. The van der Waals surface area contributed by atoms with Gasteiger partial charge in [0, 0.05) is 15.5 Å². The van der Waals surface area contributed by atoms with E-state index in [2.05, 4.69) is 88.2 Å². The molecule has 2 aromatic rings. The minimum atomic E-state index is 0.0950. The number of fused-ring (bicyclic) bond motifs is 1. The molecule has 1 unspecified atom stereocenters. The zero-order chi connectivity index (χ0) is 14.3. The lowest BCUT2D eigenvalue weighted by Crippen LogP contribution is -2.18. The van der Waals surface area contributed by atoms with Gasteiger partial charge in [0.2, 0.25) is 0 Å². The van der Waals surface area contributed by atoms with Gasteiger partial charge >= 0.3 is 0 Å². The van der Waals surface area contributed by atoms with Crippen LogP contribution in [-0.2, 0) is 5.41 Å². The molecule has 0 bridgehead atoms. The van der Waals surface area contributed by atoms with Gasteiger partial charge in [0.1, 0.15) is 5.75 Å². The Labute approximate surface area is 136 Å². The number of hydrogen-bond donors (Lipinski definition) is 0. The predicted molar refractivity (Wildman–Crippen MR) is 89.9 cm³/mol. The molecule has 1 heterocycles. The second-order valence-corrected chi connectivity index (χ2v) is 7.67. The molecule has 0 fully saturated rings. The molecule has 0 radical (unpaired) electrons. The van der Waals surface area contributed by atoms with Crippen molar-refractivity contribution in [1.29, 1.82) is 0 Å². The minimum Gasteiger partial charge on any atom is -0.492 e. The molecule has 0 saturated heterocycles. The molecule has 20 heavy (non-hydrogen) atoms. The zero-order valence-electron chi connectivity index (χ0n) is 11.5. The first-order chi connectivity index (χ1) is 9.47. The summed E-state index contributed by atoms with van der Waals surface area (Å²) in [7, 11) is 0. The summed E-state index contributed by atoms with van der Waals surface area (Å²) in [6, 6.07) is 14.9. The number of halogens is 2. The van der Waals surface area contributed by atoms with Crippen LogP contribution in [0.2, 0.25) is 0 Å². The van der Waals surface area contributed by atoms with Gasteiger partial charge in [-0.3, -0.25) is 0 Å². The Morgan fingerprint density at radius 2 is 1.70 bits per heavy atom. The monoisotopic (exact) mass is 394 g/mol. The first-order valence-corrected chi connectivity index (χ1v) is 8.35. The Morgan fingerprint density at radius 3 is 2.40 bits per heavy atom. The van der Waals surface area contributed by atoms with Crippen LogP contribution in [0, 0.1) is 0 Å². The van der Waals surface area contributed by atoms with E-state index in [0.29, 0.717) is 0 Å². The molecule has 1 aliphatic heterocycles. The third kappa shape index (κ3) is 2.53. The summed E-state index contributed by atoms with van der Waals surface area (Å²) in [5.41, 5.74) is 3.92. The summed E-state index contributed by atoms with van der Waals surface area (Å²) in [4.78, 5) is 0.206. The van der Waals surface area contributed by atoms with E-state index < -0.39 is 0 Å². The molecular weight excluding hydrogens is 380 g/mol. The lowest BCUT2D eigenvalue weighted by Gasteiger charge is -2.17. The molecule has 104 valence electrons. The number of benzene rings is 2. The van der Waals surface area contributed by atoms with Crippen LogP contribution < -0.4 is 4.74 Å². The van der Waals surface area contributed by atoms with Crippen molar-refractivity contribution < 1.29 is 4.74 Å². The molecule has 3 rings (SSSR count). The Hall–Kier alpha value is -0.800. The van der Waals surface area contributed by atoms with Crippen LogP contribution >= 0.6 is 31.9 Å². The van der Waals surface area contributed by atoms with E-state index in [0.717, 1.165) is 16.8 Å². The molecule has 2 aromatic carbocycles. The molecule has 1 aliphatic rings. The van der Waals surface area contributed by atoms with E-state index in [1.54, 1.807) is 0 Å². The highest BCUT2D eigenvalue weighted by Crippen LogP contribution is 2.41. The number of hydrogen-bond acceptors (Lipinski definition) is 1. The quantitative estimate of drug-likeness (QED) is 0.601. The maximum Gasteiger partial charge on any atom is 0.123 e. The second-order valence-electron chi connectivity index (χ2n) is 5.84. The van der Waals surface area contributed by atoms with Crippen molar-refractivity contribution in [1.82, 2.24) is 0 Å². The van der Waals surface area contributed by atoms with E-state index >= 15 is 0 Å². The highest BCUT2D eigenvalue weighted by molar-refractivity contribution is 9.10. The summed E-state index contributed by atoms with van der Waals surface area (Å²) in [5, 5.41) is 0. The average Bonchev–Trinajstić information content (AvgIpc) is 2.74. The van der Waals surface area contributed by atoms with E-state index in [4.69, 9.17) is 4.74 Å². The van der Waals surface area contributed by atoms with E-state index in [1.165, 1.54) is 16.7 Å². The maximum absolute atomic E-state index is 5.75. The van der Waals surface area contributed by atoms with Gasteiger partial charge in [-0.2, -0.15) is 0 Å². The lowest BCUT2D eigenvalue weighted by atomic mass is 9.85. The smallest absolute Gasteiger partial charge is 0.123 e. The van der Waals surface area contributed by atoms with Crippen LogP contribution in [0.1, 0.15) is 35.4 Å². The van der Waals surface area contributed by atoms with Crippen LogP contribution in [0.25, 0.3) is 0 Å². The summed E-state index contributed by atoms with van der Waals surface area (Å²) in [6.07, 6.45) is 0. The van der Waals surface area contributed by atoms with Gasteiger partial charge in [-0.25, -0.2) is 0 Å². The van der Waals surface area contributed by atoms with Gasteiger partial charge in [0.05, 0.1) is 11.4 Å². The van der Waals surface area contributed by atoms with Crippen LogP contribution in [0.4, 0.5) is 0 Å². The van der Waals surface area contributed by atoms with Gasteiger partial charge in [0.25, 0.3) is 0 Å². The normalized spacial score (nSPS) is 17.4. The fourth-order valence-corrected chi connectivity index (χ4v) is 3.37. The summed E-state index contributed by atoms with van der Waals surface area (Å²) >= 11 is 7.28. The Kier molecular flexibility index (Phi) is 3.67. The van der Waals surface area contributed by atoms with Crippen molar-refractivity contribution in [2.75, 3.05) is 6.61 Å². The van der Waals surface area contributed by atoms with Gasteiger partial charge in [-0.15, -0.1) is 0 Å². The van der Waals surface area contributed by atoms with Crippen molar-refractivity contribution in [3.63, 3.8) is 0 Å². The third-order valence-electron chi connectivity index (χ3n) is 3.78. The van der Waals surface area contributed by atoms with Crippen LogP contribution in [0.5, 0.6) is 5.75 Å². The van der Waals surface area contributed by atoms with Crippen molar-refractivity contribution in [2.45, 2.75) is 24.1 Å².